The Labute approximate surface area is 102 Å². The molecule has 0 amide bonds. The summed E-state index contributed by atoms with van der Waals surface area (Å²) in [6.45, 7) is 0. The van der Waals surface area contributed by atoms with Gasteiger partial charge in [0.2, 0.25) is 0 Å². The highest BCUT2D eigenvalue weighted by atomic mass is 32.2. The molecule has 0 fully saturated rings. The zero-order valence-corrected chi connectivity index (χ0v) is 9.99. The Kier molecular flexibility index (Phi) is 2.83. The number of rotatable bonds is 3. The monoisotopic (exact) mass is 268 g/mol. The third-order valence-electron chi connectivity index (χ3n) is 2.08. The largest absolute Gasteiger partial charge is 0.476 e. The lowest BCUT2D eigenvalue weighted by atomic mass is 10.4. The summed E-state index contributed by atoms with van der Waals surface area (Å²) in [6.07, 6.45) is 5.79. The lowest BCUT2D eigenvalue weighted by Crippen LogP contribution is -2.04. The van der Waals surface area contributed by atoms with E-state index in [1.54, 1.807) is 0 Å². The maximum absolute atomic E-state index is 11.3. The number of hydrogen-bond donors (Lipinski definition) is 1. The molecule has 2 aromatic rings. The Morgan fingerprint density at radius 2 is 2.00 bits per heavy atom. The van der Waals surface area contributed by atoms with Crippen LogP contribution in [0.3, 0.4) is 0 Å². The molecular weight excluding hydrogens is 260 g/mol. The van der Waals surface area contributed by atoms with E-state index in [1.165, 1.54) is 23.3 Å². The second-order valence-corrected chi connectivity index (χ2v) is 5.47. The summed E-state index contributed by atoms with van der Waals surface area (Å²) in [5, 5.41) is 12.5. The molecule has 0 aliphatic carbocycles. The number of carboxylic acid groups (broad SMARTS) is 1. The number of hydrogen-bond acceptors (Lipinski definition) is 6. The van der Waals surface area contributed by atoms with Crippen LogP contribution in [-0.2, 0) is 9.84 Å². The average molecular weight is 268 g/mol. The van der Waals surface area contributed by atoms with Gasteiger partial charge in [0.25, 0.3) is 0 Å². The minimum absolute atomic E-state index is 0.0478. The molecule has 9 heteroatoms. The molecular formula is C9H8N4O4S. The summed E-state index contributed by atoms with van der Waals surface area (Å²) in [6, 6.07) is 0. The van der Waals surface area contributed by atoms with Crippen LogP contribution in [0.4, 0.5) is 0 Å². The van der Waals surface area contributed by atoms with Crippen molar-refractivity contribution in [2.24, 2.45) is 0 Å². The van der Waals surface area contributed by atoms with E-state index in [-0.39, 0.29) is 16.4 Å². The quantitative estimate of drug-likeness (QED) is 0.816. The van der Waals surface area contributed by atoms with Gasteiger partial charge in [0, 0.05) is 6.26 Å². The first-order valence-corrected chi connectivity index (χ1v) is 6.57. The first-order chi connectivity index (χ1) is 8.38. The van der Waals surface area contributed by atoms with Gasteiger partial charge in [-0.2, -0.15) is 5.10 Å². The van der Waals surface area contributed by atoms with Crippen molar-refractivity contribution < 1.29 is 18.3 Å². The Morgan fingerprint density at radius 1 is 1.28 bits per heavy atom. The van der Waals surface area contributed by atoms with Gasteiger partial charge in [-0.25, -0.2) is 27.9 Å². The zero-order valence-electron chi connectivity index (χ0n) is 9.18. The van der Waals surface area contributed by atoms with Crippen molar-refractivity contribution in [1.29, 1.82) is 0 Å². The van der Waals surface area contributed by atoms with E-state index in [0.29, 0.717) is 0 Å². The summed E-state index contributed by atoms with van der Waals surface area (Å²) in [7, 11) is -3.34. The summed E-state index contributed by atoms with van der Waals surface area (Å²) in [4.78, 5) is 18.1. The molecule has 0 bridgehead atoms. The van der Waals surface area contributed by atoms with E-state index in [4.69, 9.17) is 5.11 Å². The minimum atomic E-state index is -3.34. The van der Waals surface area contributed by atoms with Gasteiger partial charge in [-0.05, 0) is 0 Å². The molecule has 0 aliphatic rings. The zero-order chi connectivity index (χ0) is 13.3. The van der Waals surface area contributed by atoms with Crippen molar-refractivity contribution in [3.05, 3.63) is 30.5 Å². The summed E-state index contributed by atoms with van der Waals surface area (Å²) in [5.74, 6) is -0.957. The number of nitrogens with zero attached hydrogens (tertiary/aromatic N) is 4. The molecule has 2 heterocycles. The Morgan fingerprint density at radius 3 is 2.44 bits per heavy atom. The highest BCUT2D eigenvalue weighted by molar-refractivity contribution is 7.90. The maximum atomic E-state index is 11.3. The molecule has 0 saturated carbocycles. The van der Waals surface area contributed by atoms with Crippen molar-refractivity contribution in [3.8, 4) is 5.82 Å². The molecule has 1 N–H and O–H groups in total. The normalized spacial score (nSPS) is 11.4. The number of sulfone groups is 1. The second kappa shape index (κ2) is 4.18. The molecule has 0 radical (unpaired) electrons. The number of aromatic carboxylic acids is 1. The maximum Gasteiger partial charge on any atom is 0.356 e. The highest BCUT2D eigenvalue weighted by Crippen LogP contribution is 2.09. The third kappa shape index (κ3) is 2.35. The van der Waals surface area contributed by atoms with Gasteiger partial charge in [-0.1, -0.05) is 0 Å². The third-order valence-corrected chi connectivity index (χ3v) is 3.15. The summed E-state index contributed by atoms with van der Waals surface area (Å²) < 4.78 is 23.7. The van der Waals surface area contributed by atoms with Crippen LogP contribution in [0.2, 0.25) is 0 Å². The smallest absolute Gasteiger partial charge is 0.356 e. The topological polar surface area (TPSA) is 115 Å². The van der Waals surface area contributed by atoms with E-state index >= 15 is 0 Å². The molecule has 0 atom stereocenters. The van der Waals surface area contributed by atoms with Crippen LogP contribution in [0.1, 0.15) is 10.5 Å². The van der Waals surface area contributed by atoms with Crippen molar-refractivity contribution in [2.45, 2.75) is 4.90 Å². The van der Waals surface area contributed by atoms with Gasteiger partial charge >= 0.3 is 5.97 Å². The first kappa shape index (κ1) is 12.2. The number of aromatic nitrogens is 4. The SMILES string of the molecule is CS(=O)(=O)c1cnn(-c2cnc(C(=O)O)cn2)c1. The van der Waals surface area contributed by atoms with Crippen LogP contribution < -0.4 is 0 Å². The fraction of sp³-hybridized carbons (Fsp3) is 0.111. The molecule has 94 valence electrons. The number of carboxylic acids is 1. The Bertz CT molecular complexity index is 690. The molecule has 8 nitrogen and oxygen atoms in total. The highest BCUT2D eigenvalue weighted by Gasteiger charge is 2.12. The summed E-state index contributed by atoms with van der Waals surface area (Å²) in [5.41, 5.74) is -0.200. The first-order valence-electron chi connectivity index (χ1n) is 4.68. The van der Waals surface area contributed by atoms with Gasteiger partial charge in [0.05, 0.1) is 24.8 Å². The van der Waals surface area contributed by atoms with Gasteiger partial charge in [0.15, 0.2) is 21.3 Å². The fourth-order valence-electron chi connectivity index (χ4n) is 1.17. The molecule has 0 saturated heterocycles. The Balaban J connectivity index is 2.38. The van der Waals surface area contributed by atoms with Crippen LogP contribution in [0.15, 0.2) is 29.7 Å². The van der Waals surface area contributed by atoms with Gasteiger partial charge in [-0.15, -0.1) is 0 Å². The molecule has 2 aromatic heterocycles. The summed E-state index contributed by atoms with van der Waals surface area (Å²) >= 11 is 0. The fourth-order valence-corrected chi connectivity index (χ4v) is 1.70. The number of carbonyl (C=O) groups is 1. The molecule has 18 heavy (non-hydrogen) atoms. The van der Waals surface area contributed by atoms with Crippen molar-refractivity contribution in [1.82, 2.24) is 19.7 Å². The van der Waals surface area contributed by atoms with Crippen LogP contribution in [0.5, 0.6) is 0 Å². The van der Waals surface area contributed by atoms with E-state index in [9.17, 15) is 13.2 Å². The molecule has 0 aliphatic heterocycles. The van der Waals surface area contributed by atoms with Gasteiger partial charge in [0.1, 0.15) is 4.90 Å². The van der Waals surface area contributed by atoms with Crippen molar-refractivity contribution in [3.63, 3.8) is 0 Å². The van der Waals surface area contributed by atoms with Crippen LogP contribution >= 0.6 is 0 Å². The van der Waals surface area contributed by atoms with Crippen LogP contribution in [0.25, 0.3) is 5.82 Å². The molecule has 2 rings (SSSR count). The van der Waals surface area contributed by atoms with Crippen LogP contribution in [-0.4, -0.2) is 45.5 Å². The minimum Gasteiger partial charge on any atom is -0.476 e. The predicted octanol–water partition coefficient (Wildman–Crippen LogP) is -0.236. The lowest BCUT2D eigenvalue weighted by Gasteiger charge is -1.99. The molecule has 0 spiro atoms. The van der Waals surface area contributed by atoms with Crippen molar-refractivity contribution in [2.75, 3.05) is 6.26 Å². The van der Waals surface area contributed by atoms with E-state index in [2.05, 4.69) is 15.1 Å². The molecule has 0 aromatic carbocycles. The average Bonchev–Trinajstić information content (AvgIpc) is 2.78. The molecule has 0 unspecified atom stereocenters. The van der Waals surface area contributed by atoms with Crippen LogP contribution in [0, 0.1) is 0 Å². The van der Waals surface area contributed by atoms with E-state index < -0.39 is 15.8 Å². The van der Waals surface area contributed by atoms with Gasteiger partial charge in [-0.3, -0.25) is 0 Å². The lowest BCUT2D eigenvalue weighted by molar-refractivity contribution is 0.0690. The predicted molar refractivity (Wildman–Crippen MR) is 59.2 cm³/mol. The van der Waals surface area contributed by atoms with Gasteiger partial charge < -0.3 is 5.11 Å². The standard InChI is InChI=1S/C9H8N4O4S/c1-18(16,17)6-2-12-13(5-6)8-4-10-7(3-11-8)9(14)15/h2-5H,1H3,(H,14,15). The van der Waals surface area contributed by atoms with Crippen molar-refractivity contribution >= 4 is 15.8 Å². The second-order valence-electron chi connectivity index (χ2n) is 3.46. The Hall–Kier alpha value is -2.29. The van der Waals surface area contributed by atoms with E-state index in [1.807, 2.05) is 0 Å². The van der Waals surface area contributed by atoms with E-state index in [0.717, 1.165) is 12.5 Å².